The number of aliphatic hydroxyl groups is 2. The van der Waals surface area contributed by atoms with Gasteiger partial charge in [0.25, 0.3) is 0 Å². The minimum absolute atomic E-state index is 0.590. The largest absolute Gasteiger partial charge is 0.390 e. The molecule has 18 heavy (non-hydrogen) atoms. The Morgan fingerprint density at radius 3 is 2.39 bits per heavy atom. The first-order chi connectivity index (χ1) is 8.70. The zero-order chi connectivity index (χ0) is 12.6. The van der Waals surface area contributed by atoms with Gasteiger partial charge in [0, 0.05) is 0 Å². The monoisotopic (exact) mass is 246 g/mol. The van der Waals surface area contributed by atoms with Crippen LogP contribution in [0.25, 0.3) is 0 Å². The van der Waals surface area contributed by atoms with Crippen molar-refractivity contribution in [2.45, 2.75) is 50.2 Å². The smallest absolute Gasteiger partial charge is 0.116 e. The van der Waals surface area contributed by atoms with E-state index >= 15 is 0 Å². The van der Waals surface area contributed by atoms with E-state index in [0.717, 1.165) is 18.4 Å². The van der Waals surface area contributed by atoms with Crippen LogP contribution in [0.1, 0.15) is 44.1 Å². The minimum Gasteiger partial charge on any atom is -0.390 e. The zero-order valence-corrected chi connectivity index (χ0v) is 10.8. The third-order valence-corrected chi connectivity index (χ3v) is 4.99. The summed E-state index contributed by atoms with van der Waals surface area (Å²) >= 11 is 0. The number of benzene rings is 1. The Labute approximate surface area is 109 Å². The molecule has 0 heterocycles. The van der Waals surface area contributed by atoms with Gasteiger partial charge in [0.15, 0.2) is 0 Å². The summed E-state index contributed by atoms with van der Waals surface area (Å²) in [5, 5.41) is 21.3. The van der Waals surface area contributed by atoms with E-state index in [9.17, 15) is 10.2 Å². The Morgan fingerprint density at radius 2 is 1.67 bits per heavy atom. The molecule has 4 atom stereocenters. The molecule has 0 unspecified atom stereocenters. The molecule has 98 valence electrons. The number of aliphatic hydroxyl groups excluding tert-OH is 1. The summed E-state index contributed by atoms with van der Waals surface area (Å²) in [6.45, 7) is 0. The van der Waals surface area contributed by atoms with Crippen molar-refractivity contribution in [3.63, 3.8) is 0 Å². The maximum atomic E-state index is 10.9. The van der Waals surface area contributed by atoms with Gasteiger partial charge in [-0.15, -0.1) is 0 Å². The molecule has 3 rings (SSSR count). The molecule has 2 aliphatic rings. The quantitative estimate of drug-likeness (QED) is 0.800. The second-order valence-electron chi connectivity index (χ2n) is 6.05. The van der Waals surface area contributed by atoms with Gasteiger partial charge in [-0.3, -0.25) is 0 Å². The third-order valence-electron chi connectivity index (χ3n) is 4.99. The van der Waals surface area contributed by atoms with Crippen LogP contribution in [0.4, 0.5) is 0 Å². The highest BCUT2D eigenvalue weighted by Crippen LogP contribution is 2.48. The highest BCUT2D eigenvalue weighted by molar-refractivity contribution is 5.25. The molecule has 0 spiro atoms. The van der Waals surface area contributed by atoms with Crippen molar-refractivity contribution in [3.05, 3.63) is 35.9 Å². The van der Waals surface area contributed by atoms with Crippen LogP contribution < -0.4 is 0 Å². The SMILES string of the molecule is O[C@H]1C[C@H]2CCCC[C@@H]2C[C@@]1(O)c1ccccc1. The summed E-state index contributed by atoms with van der Waals surface area (Å²) in [4.78, 5) is 0. The van der Waals surface area contributed by atoms with Gasteiger partial charge in [-0.25, -0.2) is 0 Å². The average Bonchev–Trinajstić information content (AvgIpc) is 2.41. The van der Waals surface area contributed by atoms with Gasteiger partial charge in [0.2, 0.25) is 0 Å². The second kappa shape index (κ2) is 4.67. The first-order valence-corrected chi connectivity index (χ1v) is 7.16. The van der Waals surface area contributed by atoms with Crippen molar-refractivity contribution in [1.29, 1.82) is 0 Å². The predicted molar refractivity (Wildman–Crippen MR) is 71.0 cm³/mol. The zero-order valence-electron chi connectivity index (χ0n) is 10.8. The van der Waals surface area contributed by atoms with E-state index in [2.05, 4.69) is 0 Å². The lowest BCUT2D eigenvalue weighted by atomic mass is 9.63. The van der Waals surface area contributed by atoms with Gasteiger partial charge in [0.1, 0.15) is 5.60 Å². The molecule has 0 amide bonds. The van der Waals surface area contributed by atoms with Crippen LogP contribution in [0.2, 0.25) is 0 Å². The van der Waals surface area contributed by atoms with Crippen LogP contribution in [0.5, 0.6) is 0 Å². The molecule has 2 aliphatic carbocycles. The lowest BCUT2D eigenvalue weighted by molar-refractivity contribution is -0.141. The standard InChI is InChI=1S/C16H22O2/c17-15-10-12-6-4-5-7-13(12)11-16(15,18)14-8-2-1-3-9-14/h1-3,8-9,12-13,15,17-18H,4-7,10-11H2/t12-,13-,15+,16-/m1/s1. The van der Waals surface area contributed by atoms with Gasteiger partial charge in [-0.05, 0) is 30.2 Å². The van der Waals surface area contributed by atoms with E-state index < -0.39 is 11.7 Å². The van der Waals surface area contributed by atoms with Crippen LogP contribution in [-0.2, 0) is 5.60 Å². The molecule has 0 radical (unpaired) electrons. The summed E-state index contributed by atoms with van der Waals surface area (Å²) in [6.07, 6.45) is 5.89. The van der Waals surface area contributed by atoms with Gasteiger partial charge >= 0.3 is 0 Å². The van der Waals surface area contributed by atoms with Gasteiger partial charge < -0.3 is 10.2 Å². The fraction of sp³-hybridized carbons (Fsp3) is 0.625. The first-order valence-electron chi connectivity index (χ1n) is 7.16. The maximum Gasteiger partial charge on any atom is 0.116 e. The molecule has 1 aromatic carbocycles. The van der Waals surface area contributed by atoms with Crippen molar-refractivity contribution < 1.29 is 10.2 Å². The van der Waals surface area contributed by atoms with Crippen LogP contribution in [-0.4, -0.2) is 16.3 Å². The summed E-state index contributed by atoms with van der Waals surface area (Å²) in [5.74, 6) is 1.21. The molecule has 2 N–H and O–H groups in total. The Hall–Kier alpha value is -0.860. The molecule has 2 fully saturated rings. The van der Waals surface area contributed by atoms with E-state index in [-0.39, 0.29) is 0 Å². The van der Waals surface area contributed by atoms with Crippen LogP contribution in [0.15, 0.2) is 30.3 Å². The van der Waals surface area contributed by atoms with Gasteiger partial charge in [0.05, 0.1) is 6.10 Å². The van der Waals surface area contributed by atoms with E-state index in [1.807, 2.05) is 30.3 Å². The Kier molecular flexibility index (Phi) is 3.16. The Bertz CT molecular complexity index is 403. The number of hydrogen-bond donors (Lipinski definition) is 2. The molecule has 2 saturated carbocycles. The number of fused-ring (bicyclic) bond motifs is 1. The van der Waals surface area contributed by atoms with Crippen molar-refractivity contribution >= 4 is 0 Å². The molecule has 0 saturated heterocycles. The highest BCUT2D eigenvalue weighted by atomic mass is 16.3. The first kappa shape index (κ1) is 12.2. The minimum atomic E-state index is -1.03. The van der Waals surface area contributed by atoms with E-state index in [4.69, 9.17) is 0 Å². The molecule has 0 aliphatic heterocycles. The normalized spacial score (nSPS) is 40.2. The van der Waals surface area contributed by atoms with Crippen LogP contribution in [0, 0.1) is 11.8 Å². The topological polar surface area (TPSA) is 40.5 Å². The fourth-order valence-corrected chi connectivity index (χ4v) is 3.92. The second-order valence-corrected chi connectivity index (χ2v) is 6.05. The summed E-state index contributed by atoms with van der Waals surface area (Å²) in [6, 6.07) is 9.70. The molecular formula is C16H22O2. The molecular weight excluding hydrogens is 224 g/mol. The molecule has 2 heteroatoms. The lowest BCUT2D eigenvalue weighted by Crippen LogP contribution is -2.48. The summed E-state index contributed by atoms with van der Waals surface area (Å²) in [5.41, 5.74) is -0.152. The number of hydrogen-bond acceptors (Lipinski definition) is 2. The lowest BCUT2D eigenvalue weighted by Gasteiger charge is -2.47. The van der Waals surface area contributed by atoms with E-state index in [0.29, 0.717) is 11.8 Å². The van der Waals surface area contributed by atoms with Crippen molar-refractivity contribution in [2.75, 3.05) is 0 Å². The summed E-state index contributed by atoms with van der Waals surface area (Å²) in [7, 11) is 0. The highest BCUT2D eigenvalue weighted by Gasteiger charge is 2.47. The average molecular weight is 246 g/mol. The van der Waals surface area contributed by atoms with Crippen molar-refractivity contribution in [2.24, 2.45) is 11.8 Å². The Morgan fingerprint density at radius 1 is 1.00 bits per heavy atom. The Balaban J connectivity index is 1.87. The molecule has 0 aromatic heterocycles. The van der Waals surface area contributed by atoms with Gasteiger partial charge in [-0.2, -0.15) is 0 Å². The van der Waals surface area contributed by atoms with E-state index in [1.54, 1.807) is 0 Å². The molecule has 0 bridgehead atoms. The van der Waals surface area contributed by atoms with Crippen LogP contribution in [0.3, 0.4) is 0 Å². The number of rotatable bonds is 1. The predicted octanol–water partition coefficient (Wildman–Crippen LogP) is 2.84. The van der Waals surface area contributed by atoms with Crippen molar-refractivity contribution in [3.8, 4) is 0 Å². The fourth-order valence-electron chi connectivity index (χ4n) is 3.92. The van der Waals surface area contributed by atoms with E-state index in [1.165, 1.54) is 25.7 Å². The summed E-state index contributed by atoms with van der Waals surface area (Å²) < 4.78 is 0. The van der Waals surface area contributed by atoms with Crippen molar-refractivity contribution in [1.82, 2.24) is 0 Å². The maximum absolute atomic E-state index is 10.9. The van der Waals surface area contributed by atoms with Crippen LogP contribution >= 0.6 is 0 Å². The molecule has 1 aromatic rings. The molecule has 2 nitrogen and oxygen atoms in total. The van der Waals surface area contributed by atoms with Gasteiger partial charge in [-0.1, -0.05) is 56.0 Å². The third kappa shape index (κ3) is 1.98.